The van der Waals surface area contributed by atoms with Gasteiger partial charge < -0.3 is 10.2 Å². The van der Waals surface area contributed by atoms with E-state index < -0.39 is 0 Å². The van der Waals surface area contributed by atoms with Crippen molar-refractivity contribution in [3.8, 4) is 0 Å². The maximum absolute atomic E-state index is 12.0. The number of aryl methyl sites for hydroxylation is 1. The van der Waals surface area contributed by atoms with Crippen LogP contribution in [-0.2, 0) is 16.0 Å². The van der Waals surface area contributed by atoms with E-state index in [1.54, 1.807) is 16.2 Å². The predicted molar refractivity (Wildman–Crippen MR) is 78.5 cm³/mol. The van der Waals surface area contributed by atoms with Crippen LogP contribution in [0.5, 0.6) is 0 Å². The van der Waals surface area contributed by atoms with Gasteiger partial charge in [-0.3, -0.25) is 9.59 Å². The Kier molecular flexibility index (Phi) is 4.75. The Bertz CT molecular complexity index is 498. The standard InChI is InChI=1S/C14H21N3O2S/c1-9(2)17-7-11(6-13(17)18)14(19)15-5-4-12-8-20-10(3)16-12/h8-9,11H,4-7H2,1-3H3,(H,15,19)/t11-/m1/s1. The second-order valence-electron chi connectivity index (χ2n) is 5.44. The van der Waals surface area contributed by atoms with Crippen molar-refractivity contribution in [2.24, 2.45) is 5.92 Å². The van der Waals surface area contributed by atoms with E-state index in [0.717, 1.165) is 17.1 Å². The molecule has 0 unspecified atom stereocenters. The van der Waals surface area contributed by atoms with E-state index >= 15 is 0 Å². The Hall–Kier alpha value is -1.43. The van der Waals surface area contributed by atoms with Crippen molar-refractivity contribution in [2.45, 2.75) is 39.7 Å². The zero-order valence-corrected chi connectivity index (χ0v) is 13.0. The summed E-state index contributed by atoms with van der Waals surface area (Å²) in [6, 6.07) is 0.165. The van der Waals surface area contributed by atoms with E-state index in [1.807, 2.05) is 26.2 Å². The molecule has 1 aliphatic rings. The number of aromatic nitrogens is 1. The fourth-order valence-electron chi connectivity index (χ4n) is 2.39. The first-order valence-corrected chi connectivity index (χ1v) is 7.83. The molecule has 1 N–H and O–H groups in total. The summed E-state index contributed by atoms with van der Waals surface area (Å²) in [5.41, 5.74) is 1.01. The normalized spacial score (nSPS) is 18.9. The third-order valence-corrected chi connectivity index (χ3v) is 4.32. The lowest BCUT2D eigenvalue weighted by molar-refractivity contribution is -0.129. The molecule has 2 amide bonds. The lowest BCUT2D eigenvalue weighted by Gasteiger charge is -2.20. The summed E-state index contributed by atoms with van der Waals surface area (Å²) < 4.78 is 0. The van der Waals surface area contributed by atoms with Crippen LogP contribution < -0.4 is 5.32 Å². The molecule has 2 rings (SSSR count). The van der Waals surface area contributed by atoms with Gasteiger partial charge in [-0.1, -0.05) is 0 Å². The number of hydrogen-bond donors (Lipinski definition) is 1. The molecule has 110 valence electrons. The van der Waals surface area contributed by atoms with Crippen molar-refractivity contribution in [3.63, 3.8) is 0 Å². The number of hydrogen-bond acceptors (Lipinski definition) is 4. The fourth-order valence-corrected chi connectivity index (χ4v) is 3.03. The zero-order valence-electron chi connectivity index (χ0n) is 12.2. The molecule has 5 nitrogen and oxygen atoms in total. The van der Waals surface area contributed by atoms with Gasteiger partial charge in [0.05, 0.1) is 16.6 Å². The molecule has 0 spiro atoms. The van der Waals surface area contributed by atoms with Crippen LogP contribution in [0, 0.1) is 12.8 Å². The van der Waals surface area contributed by atoms with Crippen LogP contribution in [0.15, 0.2) is 5.38 Å². The van der Waals surface area contributed by atoms with Crippen LogP contribution in [0.25, 0.3) is 0 Å². The number of rotatable bonds is 5. The van der Waals surface area contributed by atoms with Gasteiger partial charge in [0, 0.05) is 37.4 Å². The molecule has 1 fully saturated rings. The van der Waals surface area contributed by atoms with E-state index in [4.69, 9.17) is 0 Å². The Balaban J connectivity index is 1.77. The van der Waals surface area contributed by atoms with Crippen LogP contribution in [0.3, 0.4) is 0 Å². The number of likely N-dealkylation sites (tertiary alicyclic amines) is 1. The summed E-state index contributed by atoms with van der Waals surface area (Å²) in [5, 5.41) is 5.97. The minimum atomic E-state index is -0.206. The maximum atomic E-state index is 12.0. The zero-order chi connectivity index (χ0) is 14.7. The van der Waals surface area contributed by atoms with Crippen LogP contribution in [0.2, 0.25) is 0 Å². The monoisotopic (exact) mass is 295 g/mol. The van der Waals surface area contributed by atoms with Gasteiger partial charge in [0.2, 0.25) is 11.8 Å². The van der Waals surface area contributed by atoms with Crippen molar-refractivity contribution in [1.29, 1.82) is 0 Å². The fraction of sp³-hybridized carbons (Fsp3) is 0.643. The summed E-state index contributed by atoms with van der Waals surface area (Å²) >= 11 is 1.62. The molecule has 1 saturated heterocycles. The third-order valence-electron chi connectivity index (χ3n) is 3.50. The lowest BCUT2D eigenvalue weighted by atomic mass is 10.1. The van der Waals surface area contributed by atoms with Gasteiger partial charge in [0.1, 0.15) is 0 Å². The average molecular weight is 295 g/mol. The smallest absolute Gasteiger partial charge is 0.225 e. The van der Waals surface area contributed by atoms with E-state index in [1.165, 1.54) is 0 Å². The molecule has 0 bridgehead atoms. The highest BCUT2D eigenvalue weighted by molar-refractivity contribution is 7.09. The maximum Gasteiger partial charge on any atom is 0.225 e. The summed E-state index contributed by atoms with van der Waals surface area (Å²) in [6.45, 7) is 7.04. The molecule has 1 aromatic rings. The molecule has 1 aliphatic heterocycles. The second kappa shape index (κ2) is 6.35. The van der Waals surface area contributed by atoms with E-state index in [-0.39, 0.29) is 23.8 Å². The van der Waals surface area contributed by atoms with Crippen LogP contribution in [0.4, 0.5) is 0 Å². The number of amides is 2. The molecule has 20 heavy (non-hydrogen) atoms. The Labute approximate surface area is 123 Å². The molecule has 1 atom stereocenters. The molecular weight excluding hydrogens is 274 g/mol. The number of carbonyl (C=O) groups is 2. The highest BCUT2D eigenvalue weighted by Gasteiger charge is 2.35. The molecule has 0 radical (unpaired) electrons. The minimum Gasteiger partial charge on any atom is -0.355 e. The van der Waals surface area contributed by atoms with Gasteiger partial charge in [-0.2, -0.15) is 0 Å². The SMILES string of the molecule is Cc1nc(CCNC(=O)[C@@H]2CC(=O)N(C(C)C)C2)cs1. The number of nitrogens with one attached hydrogen (secondary N) is 1. The molecular formula is C14H21N3O2S. The summed E-state index contributed by atoms with van der Waals surface area (Å²) in [4.78, 5) is 29.9. The number of carbonyl (C=O) groups excluding carboxylic acids is 2. The largest absolute Gasteiger partial charge is 0.355 e. The van der Waals surface area contributed by atoms with Crippen molar-refractivity contribution < 1.29 is 9.59 Å². The Morgan fingerprint density at radius 2 is 2.35 bits per heavy atom. The van der Waals surface area contributed by atoms with E-state index in [9.17, 15) is 9.59 Å². The molecule has 0 aliphatic carbocycles. The topological polar surface area (TPSA) is 62.3 Å². The Morgan fingerprint density at radius 3 is 2.90 bits per heavy atom. The Morgan fingerprint density at radius 1 is 1.60 bits per heavy atom. The van der Waals surface area contributed by atoms with Gasteiger partial charge in [-0.15, -0.1) is 11.3 Å². The van der Waals surface area contributed by atoms with Crippen LogP contribution >= 0.6 is 11.3 Å². The first kappa shape index (κ1) is 15.0. The van der Waals surface area contributed by atoms with Crippen LogP contribution in [-0.4, -0.2) is 40.8 Å². The molecule has 0 saturated carbocycles. The van der Waals surface area contributed by atoms with Crippen molar-refractivity contribution in [1.82, 2.24) is 15.2 Å². The summed E-state index contributed by atoms with van der Waals surface area (Å²) in [5.74, 6) is -0.147. The van der Waals surface area contributed by atoms with Gasteiger partial charge in [0.25, 0.3) is 0 Å². The quantitative estimate of drug-likeness (QED) is 0.892. The molecule has 0 aromatic carbocycles. The lowest BCUT2D eigenvalue weighted by Crippen LogP contribution is -2.36. The van der Waals surface area contributed by atoms with E-state index in [0.29, 0.717) is 19.5 Å². The van der Waals surface area contributed by atoms with Crippen molar-refractivity contribution in [2.75, 3.05) is 13.1 Å². The van der Waals surface area contributed by atoms with Gasteiger partial charge in [-0.05, 0) is 20.8 Å². The van der Waals surface area contributed by atoms with Gasteiger partial charge in [-0.25, -0.2) is 4.98 Å². The predicted octanol–water partition coefficient (Wildman–Crippen LogP) is 1.37. The average Bonchev–Trinajstić information content (AvgIpc) is 2.95. The first-order valence-electron chi connectivity index (χ1n) is 6.95. The van der Waals surface area contributed by atoms with Crippen LogP contribution in [0.1, 0.15) is 31.0 Å². The summed E-state index contributed by atoms with van der Waals surface area (Å²) in [6.07, 6.45) is 1.07. The second-order valence-corrected chi connectivity index (χ2v) is 6.50. The minimum absolute atomic E-state index is 0.0200. The van der Waals surface area contributed by atoms with Gasteiger partial charge in [0.15, 0.2) is 0 Å². The first-order chi connectivity index (χ1) is 9.47. The van der Waals surface area contributed by atoms with Crippen molar-refractivity contribution >= 4 is 23.2 Å². The van der Waals surface area contributed by atoms with Gasteiger partial charge >= 0.3 is 0 Å². The molecule has 6 heteroatoms. The number of thiazole rings is 1. The highest BCUT2D eigenvalue weighted by atomic mass is 32.1. The molecule has 1 aromatic heterocycles. The van der Waals surface area contributed by atoms with E-state index in [2.05, 4.69) is 10.3 Å². The third kappa shape index (κ3) is 3.56. The highest BCUT2D eigenvalue weighted by Crippen LogP contribution is 2.20. The number of nitrogens with zero attached hydrogens (tertiary/aromatic N) is 2. The molecule has 2 heterocycles. The van der Waals surface area contributed by atoms with Crippen molar-refractivity contribution in [3.05, 3.63) is 16.1 Å². The summed E-state index contributed by atoms with van der Waals surface area (Å²) in [7, 11) is 0.